The molecular weight excluding hydrogens is 212 g/mol. The highest BCUT2D eigenvalue weighted by Gasteiger charge is 2.05. The van der Waals surface area contributed by atoms with E-state index in [4.69, 9.17) is 4.74 Å². The molecule has 0 N–H and O–H groups in total. The van der Waals surface area contributed by atoms with E-state index in [0.717, 1.165) is 12.8 Å². The van der Waals surface area contributed by atoms with E-state index in [1.807, 2.05) is 0 Å². The topological polar surface area (TPSA) is 26.3 Å². The van der Waals surface area contributed by atoms with Gasteiger partial charge in [0.25, 0.3) is 0 Å². The van der Waals surface area contributed by atoms with Crippen LogP contribution in [0.3, 0.4) is 0 Å². The summed E-state index contributed by atoms with van der Waals surface area (Å²) < 4.78 is 5.20. The molecule has 0 unspecified atom stereocenters. The van der Waals surface area contributed by atoms with Crippen molar-refractivity contribution < 1.29 is 9.53 Å². The second kappa shape index (κ2) is 11.9. The lowest BCUT2D eigenvalue weighted by Crippen LogP contribution is -2.11. The number of ether oxygens (including phenoxy) is 1. The van der Waals surface area contributed by atoms with Crippen molar-refractivity contribution in [2.24, 2.45) is 5.92 Å². The molecule has 0 bridgehead atoms. The third-order valence-corrected chi connectivity index (χ3v) is 3.21. The van der Waals surface area contributed by atoms with E-state index in [0.29, 0.717) is 18.9 Å². The van der Waals surface area contributed by atoms with Gasteiger partial charge in [-0.15, -0.1) is 0 Å². The first kappa shape index (κ1) is 16.5. The summed E-state index contributed by atoms with van der Waals surface area (Å²) in [5, 5.41) is 0. The number of rotatable bonds is 11. The number of carbonyl (C=O) groups excluding carboxylic acids is 1. The van der Waals surface area contributed by atoms with Crippen molar-refractivity contribution in [3.05, 3.63) is 0 Å². The molecule has 0 saturated heterocycles. The number of unbranched alkanes of at least 4 members (excludes halogenated alkanes) is 6. The molecule has 0 saturated carbocycles. The van der Waals surface area contributed by atoms with Crippen molar-refractivity contribution in [3.63, 3.8) is 0 Å². The van der Waals surface area contributed by atoms with Crippen LogP contribution in [0.4, 0.5) is 0 Å². The molecule has 0 fully saturated rings. The molecule has 2 heteroatoms. The van der Waals surface area contributed by atoms with E-state index in [-0.39, 0.29) is 5.97 Å². The highest BCUT2D eigenvalue weighted by Crippen LogP contribution is 2.09. The van der Waals surface area contributed by atoms with Gasteiger partial charge in [-0.25, -0.2) is 0 Å². The van der Waals surface area contributed by atoms with Crippen LogP contribution >= 0.6 is 0 Å². The predicted octanol–water partition coefficient (Wildman–Crippen LogP) is 4.72. The molecule has 0 amide bonds. The van der Waals surface area contributed by atoms with Crippen molar-refractivity contribution in [2.75, 3.05) is 6.61 Å². The van der Waals surface area contributed by atoms with Gasteiger partial charge in [0.2, 0.25) is 0 Å². The van der Waals surface area contributed by atoms with Gasteiger partial charge >= 0.3 is 5.97 Å². The molecule has 1 atom stereocenters. The molecule has 0 aliphatic rings. The molecule has 0 radical (unpaired) electrons. The van der Waals surface area contributed by atoms with Crippen molar-refractivity contribution in [2.45, 2.75) is 78.6 Å². The maximum Gasteiger partial charge on any atom is 0.305 e. The molecular formula is C15H30O2. The van der Waals surface area contributed by atoms with Gasteiger partial charge < -0.3 is 4.74 Å². The third kappa shape index (κ3) is 11.7. The Morgan fingerprint density at radius 2 is 1.59 bits per heavy atom. The van der Waals surface area contributed by atoms with Crippen LogP contribution in [0.1, 0.15) is 78.6 Å². The van der Waals surface area contributed by atoms with Gasteiger partial charge in [0, 0.05) is 6.42 Å². The molecule has 2 nitrogen and oxygen atoms in total. The Morgan fingerprint density at radius 3 is 2.18 bits per heavy atom. The molecule has 0 aromatic rings. The standard InChI is InChI=1S/C15H30O2/c1-4-6-7-8-9-10-11-12-15(16)17-13-14(3)5-2/h14H,4-13H2,1-3H3/t14-/m0/s1. The fraction of sp³-hybridized carbons (Fsp3) is 0.933. The van der Waals surface area contributed by atoms with E-state index in [1.54, 1.807) is 0 Å². The molecule has 0 heterocycles. The van der Waals surface area contributed by atoms with Crippen LogP contribution in [0.25, 0.3) is 0 Å². The SMILES string of the molecule is CCCCCCCCCC(=O)OC[C@@H](C)CC. The second-order valence-electron chi connectivity index (χ2n) is 5.07. The van der Waals surface area contributed by atoms with Gasteiger partial charge in [0.1, 0.15) is 0 Å². The van der Waals surface area contributed by atoms with E-state index < -0.39 is 0 Å². The molecule has 102 valence electrons. The van der Waals surface area contributed by atoms with Crippen LogP contribution in [0, 0.1) is 5.92 Å². The van der Waals surface area contributed by atoms with E-state index >= 15 is 0 Å². The van der Waals surface area contributed by atoms with Crippen molar-refractivity contribution in [3.8, 4) is 0 Å². The molecule has 0 rings (SSSR count). The van der Waals surface area contributed by atoms with Crippen LogP contribution in [0.15, 0.2) is 0 Å². The van der Waals surface area contributed by atoms with Crippen LogP contribution in [0.5, 0.6) is 0 Å². The normalized spacial score (nSPS) is 12.4. The lowest BCUT2D eigenvalue weighted by atomic mass is 10.1. The zero-order valence-electron chi connectivity index (χ0n) is 12.0. The van der Waals surface area contributed by atoms with Gasteiger partial charge in [-0.2, -0.15) is 0 Å². The monoisotopic (exact) mass is 242 g/mol. The third-order valence-electron chi connectivity index (χ3n) is 3.21. The molecule has 0 aliphatic heterocycles. The first-order valence-corrected chi connectivity index (χ1v) is 7.36. The summed E-state index contributed by atoms with van der Waals surface area (Å²) in [6.07, 6.45) is 10.4. The Hall–Kier alpha value is -0.530. The van der Waals surface area contributed by atoms with Gasteiger partial charge in [0.05, 0.1) is 6.61 Å². The number of hydrogen-bond donors (Lipinski definition) is 0. The van der Waals surface area contributed by atoms with Crippen LogP contribution in [0.2, 0.25) is 0 Å². The van der Waals surface area contributed by atoms with Crippen molar-refractivity contribution in [1.82, 2.24) is 0 Å². The molecule has 0 aromatic heterocycles. The Labute approximate surface area is 107 Å². The van der Waals surface area contributed by atoms with Crippen molar-refractivity contribution in [1.29, 1.82) is 0 Å². The van der Waals surface area contributed by atoms with Gasteiger partial charge in [-0.05, 0) is 12.3 Å². The summed E-state index contributed by atoms with van der Waals surface area (Å²) in [4.78, 5) is 11.4. The summed E-state index contributed by atoms with van der Waals surface area (Å²) in [5.41, 5.74) is 0. The largest absolute Gasteiger partial charge is 0.465 e. The average Bonchev–Trinajstić information content (AvgIpc) is 2.34. The van der Waals surface area contributed by atoms with Gasteiger partial charge in [-0.3, -0.25) is 4.79 Å². The van der Waals surface area contributed by atoms with E-state index in [1.165, 1.54) is 38.5 Å². The fourth-order valence-electron chi connectivity index (χ4n) is 1.65. The number of esters is 1. The molecule has 0 spiro atoms. The minimum Gasteiger partial charge on any atom is -0.465 e. The molecule has 0 aliphatic carbocycles. The van der Waals surface area contributed by atoms with Crippen LogP contribution < -0.4 is 0 Å². The summed E-state index contributed by atoms with van der Waals surface area (Å²) in [6, 6.07) is 0. The summed E-state index contributed by atoms with van der Waals surface area (Å²) in [5.74, 6) is 0.479. The highest BCUT2D eigenvalue weighted by atomic mass is 16.5. The zero-order valence-corrected chi connectivity index (χ0v) is 12.0. The summed E-state index contributed by atoms with van der Waals surface area (Å²) in [7, 11) is 0. The Morgan fingerprint density at radius 1 is 1.00 bits per heavy atom. The smallest absolute Gasteiger partial charge is 0.305 e. The zero-order chi connectivity index (χ0) is 12.9. The van der Waals surface area contributed by atoms with Crippen LogP contribution in [-0.4, -0.2) is 12.6 Å². The number of carbonyl (C=O) groups is 1. The van der Waals surface area contributed by atoms with Crippen molar-refractivity contribution >= 4 is 5.97 Å². The average molecular weight is 242 g/mol. The fourth-order valence-corrected chi connectivity index (χ4v) is 1.65. The maximum atomic E-state index is 11.4. The lowest BCUT2D eigenvalue weighted by molar-refractivity contribution is -0.145. The minimum atomic E-state index is -0.0149. The Kier molecular flexibility index (Phi) is 11.6. The second-order valence-corrected chi connectivity index (χ2v) is 5.07. The van der Waals surface area contributed by atoms with Gasteiger partial charge in [-0.1, -0.05) is 65.7 Å². The Bertz CT molecular complexity index is 178. The maximum absolute atomic E-state index is 11.4. The summed E-state index contributed by atoms with van der Waals surface area (Å²) in [6.45, 7) is 7.05. The predicted molar refractivity (Wildman–Crippen MR) is 73.0 cm³/mol. The lowest BCUT2D eigenvalue weighted by Gasteiger charge is -2.09. The molecule has 17 heavy (non-hydrogen) atoms. The number of hydrogen-bond acceptors (Lipinski definition) is 2. The van der Waals surface area contributed by atoms with E-state index in [9.17, 15) is 4.79 Å². The molecule has 0 aromatic carbocycles. The first-order valence-electron chi connectivity index (χ1n) is 7.36. The minimum absolute atomic E-state index is 0.0149. The quantitative estimate of drug-likeness (QED) is 0.387. The van der Waals surface area contributed by atoms with E-state index in [2.05, 4.69) is 20.8 Å². The highest BCUT2D eigenvalue weighted by molar-refractivity contribution is 5.69. The summed E-state index contributed by atoms with van der Waals surface area (Å²) >= 11 is 0. The van der Waals surface area contributed by atoms with Crippen LogP contribution in [-0.2, 0) is 9.53 Å². The van der Waals surface area contributed by atoms with Gasteiger partial charge in [0.15, 0.2) is 0 Å². The Balaban J connectivity index is 3.22. The first-order chi connectivity index (χ1) is 8.20.